The molecule has 0 radical (unpaired) electrons. The molecule has 2 nitrogen and oxygen atoms in total. The van der Waals surface area contributed by atoms with Crippen molar-refractivity contribution in [2.24, 2.45) is 0 Å². The van der Waals surface area contributed by atoms with Crippen molar-refractivity contribution in [1.82, 2.24) is 9.13 Å². The van der Waals surface area contributed by atoms with Crippen LogP contribution in [0.2, 0.25) is 0 Å². The predicted octanol–water partition coefficient (Wildman–Crippen LogP) is 13.9. The highest BCUT2D eigenvalue weighted by Gasteiger charge is 2.35. The van der Waals surface area contributed by atoms with Crippen molar-refractivity contribution in [3.05, 3.63) is 186 Å². The van der Waals surface area contributed by atoms with E-state index >= 15 is 0 Å². The van der Waals surface area contributed by atoms with Gasteiger partial charge in [-0.2, -0.15) is 0 Å². The number of rotatable bonds is 4. The second kappa shape index (κ2) is 11.6. The van der Waals surface area contributed by atoms with Crippen molar-refractivity contribution in [2.45, 2.75) is 38.5 Å². The summed E-state index contributed by atoms with van der Waals surface area (Å²) >= 11 is 0. The molecule has 9 aromatic rings. The van der Waals surface area contributed by atoms with Gasteiger partial charge in [-0.15, -0.1) is 0 Å². The van der Waals surface area contributed by atoms with Crippen molar-refractivity contribution >= 4 is 38.8 Å². The van der Waals surface area contributed by atoms with E-state index in [4.69, 9.17) is 0 Å². The fourth-order valence-electron chi connectivity index (χ4n) is 9.71. The SMILES string of the molecule is CC1CC=Cc2c1c1cc(-c3ccc4c(c3)c3ccccc3n4-c3ccc4c(c3)-c3ccccc3C4(C)C)ccc1n2-c1cccc(-c2ccccc2)c1. The molecule has 258 valence electrons. The lowest BCUT2D eigenvalue weighted by molar-refractivity contribution is 0.660. The largest absolute Gasteiger partial charge is 0.310 e. The Labute approximate surface area is 316 Å². The smallest absolute Gasteiger partial charge is 0.0541 e. The highest BCUT2D eigenvalue weighted by molar-refractivity contribution is 6.11. The van der Waals surface area contributed by atoms with Gasteiger partial charge in [-0.25, -0.2) is 0 Å². The monoisotopic (exact) mass is 692 g/mol. The summed E-state index contributed by atoms with van der Waals surface area (Å²) in [4.78, 5) is 0. The van der Waals surface area contributed by atoms with Gasteiger partial charge in [0.2, 0.25) is 0 Å². The zero-order valence-electron chi connectivity index (χ0n) is 30.8. The number of benzene rings is 7. The lowest BCUT2D eigenvalue weighted by Crippen LogP contribution is -2.14. The van der Waals surface area contributed by atoms with Gasteiger partial charge in [-0.3, -0.25) is 0 Å². The van der Waals surface area contributed by atoms with Crippen molar-refractivity contribution < 1.29 is 0 Å². The molecule has 0 aliphatic heterocycles. The maximum absolute atomic E-state index is 2.47. The van der Waals surface area contributed by atoms with Gasteiger partial charge in [0, 0.05) is 38.6 Å². The molecule has 0 amide bonds. The first-order valence-corrected chi connectivity index (χ1v) is 19.2. The van der Waals surface area contributed by atoms with Gasteiger partial charge in [0.25, 0.3) is 0 Å². The van der Waals surface area contributed by atoms with E-state index < -0.39 is 0 Å². The molecule has 11 rings (SSSR count). The molecule has 2 aromatic heterocycles. The number of fused-ring (bicyclic) bond motifs is 9. The van der Waals surface area contributed by atoms with Crippen LogP contribution < -0.4 is 0 Å². The first-order valence-electron chi connectivity index (χ1n) is 19.2. The van der Waals surface area contributed by atoms with Crippen LogP contribution in [-0.2, 0) is 5.41 Å². The van der Waals surface area contributed by atoms with Crippen molar-refractivity contribution in [3.63, 3.8) is 0 Å². The minimum atomic E-state index is -0.0121. The molecule has 0 saturated heterocycles. The van der Waals surface area contributed by atoms with Crippen LogP contribution in [0.3, 0.4) is 0 Å². The van der Waals surface area contributed by atoms with Gasteiger partial charge in [-0.1, -0.05) is 130 Å². The summed E-state index contributed by atoms with van der Waals surface area (Å²) in [5.74, 6) is 0.437. The van der Waals surface area contributed by atoms with Gasteiger partial charge in [-0.05, 0) is 123 Å². The number of allylic oxidation sites excluding steroid dienone is 1. The Hall–Kier alpha value is -6.38. The Balaban J connectivity index is 1.06. The van der Waals surface area contributed by atoms with E-state index in [1.54, 1.807) is 0 Å². The summed E-state index contributed by atoms with van der Waals surface area (Å²) < 4.78 is 4.93. The van der Waals surface area contributed by atoms with Gasteiger partial charge >= 0.3 is 0 Å². The van der Waals surface area contributed by atoms with E-state index in [0.29, 0.717) is 5.92 Å². The predicted molar refractivity (Wildman–Crippen MR) is 228 cm³/mol. The van der Waals surface area contributed by atoms with E-state index in [-0.39, 0.29) is 5.41 Å². The minimum Gasteiger partial charge on any atom is -0.310 e. The molecule has 2 heteroatoms. The fourth-order valence-corrected chi connectivity index (χ4v) is 9.71. The van der Waals surface area contributed by atoms with Crippen LogP contribution in [0, 0.1) is 0 Å². The number of hydrogen-bond donors (Lipinski definition) is 0. The second-order valence-electron chi connectivity index (χ2n) is 15.8. The highest BCUT2D eigenvalue weighted by Crippen LogP contribution is 2.50. The Morgan fingerprint density at radius 3 is 1.98 bits per heavy atom. The first-order chi connectivity index (χ1) is 26.5. The van der Waals surface area contributed by atoms with Gasteiger partial charge in [0.15, 0.2) is 0 Å². The van der Waals surface area contributed by atoms with Crippen LogP contribution in [0.4, 0.5) is 0 Å². The Morgan fingerprint density at radius 2 is 1.13 bits per heavy atom. The number of hydrogen-bond acceptors (Lipinski definition) is 0. The van der Waals surface area contributed by atoms with Crippen LogP contribution >= 0.6 is 0 Å². The molecule has 0 fully saturated rings. The molecule has 2 aliphatic carbocycles. The molecule has 0 saturated carbocycles. The normalized spacial score (nSPS) is 15.5. The molecule has 1 unspecified atom stereocenters. The summed E-state index contributed by atoms with van der Waals surface area (Å²) in [5, 5.41) is 3.89. The third kappa shape index (κ3) is 4.47. The molecular formula is C52H40N2. The average molecular weight is 693 g/mol. The molecule has 0 bridgehead atoms. The summed E-state index contributed by atoms with van der Waals surface area (Å²) in [6.45, 7) is 7.07. The van der Waals surface area contributed by atoms with Crippen LogP contribution in [0.5, 0.6) is 0 Å². The molecule has 0 N–H and O–H groups in total. The number of aromatic nitrogens is 2. The van der Waals surface area contributed by atoms with E-state index in [9.17, 15) is 0 Å². The molecule has 0 spiro atoms. The molecule has 7 aromatic carbocycles. The third-order valence-electron chi connectivity index (χ3n) is 12.3. The third-order valence-corrected chi connectivity index (χ3v) is 12.3. The summed E-state index contributed by atoms with van der Waals surface area (Å²) in [5.41, 5.74) is 19.3. The van der Waals surface area contributed by atoms with Crippen molar-refractivity contribution in [3.8, 4) is 44.8 Å². The first kappa shape index (κ1) is 31.2. The minimum absolute atomic E-state index is 0.0121. The van der Waals surface area contributed by atoms with Crippen LogP contribution in [0.25, 0.3) is 83.5 Å². The zero-order chi connectivity index (χ0) is 36.1. The van der Waals surface area contributed by atoms with E-state index in [0.717, 1.165) is 6.42 Å². The highest BCUT2D eigenvalue weighted by atomic mass is 15.0. The second-order valence-corrected chi connectivity index (χ2v) is 15.8. The lowest BCUT2D eigenvalue weighted by atomic mass is 9.82. The van der Waals surface area contributed by atoms with Crippen molar-refractivity contribution in [1.29, 1.82) is 0 Å². The summed E-state index contributed by atoms with van der Waals surface area (Å²) in [7, 11) is 0. The van der Waals surface area contributed by atoms with Gasteiger partial charge in [0.05, 0.1) is 16.6 Å². The Bertz CT molecular complexity index is 3000. The van der Waals surface area contributed by atoms with E-state index in [2.05, 4.69) is 200 Å². The van der Waals surface area contributed by atoms with Gasteiger partial charge in [0.1, 0.15) is 0 Å². The van der Waals surface area contributed by atoms with Crippen molar-refractivity contribution in [2.75, 3.05) is 0 Å². The standard InChI is InChI=1S/C52H40N2/c1-33-13-11-22-50-51(33)44-31-37(24-28-49(44)54(50)38-17-12-16-35(29-38)34-14-5-4-6-15-34)36-23-27-48-43(30-36)41-19-8-10-21-47(41)53(48)39-25-26-46-42(32-39)40-18-7-9-20-45(40)52(46,2)3/h4-12,14-33H,13H2,1-3H3. The lowest BCUT2D eigenvalue weighted by Gasteiger charge is -2.21. The Kier molecular flexibility index (Phi) is 6.67. The van der Waals surface area contributed by atoms with E-state index in [1.807, 2.05) is 0 Å². The van der Waals surface area contributed by atoms with Crippen LogP contribution in [-0.4, -0.2) is 9.13 Å². The molecule has 1 atom stereocenters. The maximum atomic E-state index is 2.47. The van der Waals surface area contributed by atoms with E-state index in [1.165, 1.54) is 99.8 Å². The number of nitrogens with zero attached hydrogens (tertiary/aromatic N) is 2. The number of para-hydroxylation sites is 1. The topological polar surface area (TPSA) is 9.86 Å². The molecular weight excluding hydrogens is 653 g/mol. The quantitative estimate of drug-likeness (QED) is 0.174. The van der Waals surface area contributed by atoms with Gasteiger partial charge < -0.3 is 9.13 Å². The van der Waals surface area contributed by atoms with Crippen LogP contribution in [0.15, 0.2) is 164 Å². The summed E-state index contributed by atoms with van der Waals surface area (Å²) in [6.07, 6.45) is 5.73. The molecule has 54 heavy (non-hydrogen) atoms. The molecule has 2 aliphatic rings. The Morgan fingerprint density at radius 1 is 0.481 bits per heavy atom. The average Bonchev–Trinajstić information content (AvgIpc) is 3.81. The maximum Gasteiger partial charge on any atom is 0.0541 e. The fraction of sp³-hybridized carbons (Fsp3) is 0.115. The van der Waals surface area contributed by atoms with Crippen LogP contribution in [0.1, 0.15) is 55.5 Å². The molecule has 2 heterocycles. The zero-order valence-corrected chi connectivity index (χ0v) is 30.8. The summed E-state index contributed by atoms with van der Waals surface area (Å²) in [6, 6.07) is 58.7.